The van der Waals surface area contributed by atoms with Gasteiger partial charge in [-0.25, -0.2) is 18.0 Å². The van der Waals surface area contributed by atoms with Gasteiger partial charge in [-0.3, -0.25) is 14.5 Å². The Balaban J connectivity index is 2.00. The summed E-state index contributed by atoms with van der Waals surface area (Å²) in [6.45, 7) is 2.99. The summed E-state index contributed by atoms with van der Waals surface area (Å²) in [6, 6.07) is 0.795. The molecule has 0 aliphatic carbocycles. The SMILES string of the molecule is CCCCCCC1(C)NC(=O)N(CC(=O)Nc2ccc(F)c(F)c2F)C1=O. The first-order valence-electron chi connectivity index (χ1n) is 8.77. The molecule has 6 nitrogen and oxygen atoms in total. The zero-order chi connectivity index (χ0) is 20.2. The van der Waals surface area contributed by atoms with E-state index in [1.54, 1.807) is 6.92 Å². The third-order valence-corrected chi connectivity index (χ3v) is 4.49. The second-order valence-corrected chi connectivity index (χ2v) is 6.74. The summed E-state index contributed by atoms with van der Waals surface area (Å²) in [5.41, 5.74) is -1.67. The molecular weight excluding hydrogens is 363 g/mol. The van der Waals surface area contributed by atoms with Crippen molar-refractivity contribution in [3.63, 3.8) is 0 Å². The number of carbonyl (C=O) groups excluding carboxylic acids is 3. The average molecular weight is 385 g/mol. The van der Waals surface area contributed by atoms with E-state index in [2.05, 4.69) is 12.2 Å². The largest absolute Gasteiger partial charge is 0.325 e. The average Bonchev–Trinajstić information content (AvgIpc) is 2.83. The molecule has 2 N–H and O–H groups in total. The molecule has 0 spiro atoms. The van der Waals surface area contributed by atoms with Crippen molar-refractivity contribution < 1.29 is 27.6 Å². The number of hydrogen-bond donors (Lipinski definition) is 2. The highest BCUT2D eigenvalue weighted by atomic mass is 19.2. The minimum atomic E-state index is -1.72. The fraction of sp³-hybridized carbons (Fsp3) is 0.500. The Bertz CT molecular complexity index is 757. The van der Waals surface area contributed by atoms with Crippen molar-refractivity contribution in [1.82, 2.24) is 10.2 Å². The van der Waals surface area contributed by atoms with Gasteiger partial charge >= 0.3 is 6.03 Å². The van der Waals surface area contributed by atoms with Crippen molar-refractivity contribution in [2.75, 3.05) is 11.9 Å². The van der Waals surface area contributed by atoms with Crippen LogP contribution < -0.4 is 10.6 Å². The second kappa shape index (κ2) is 8.41. The lowest BCUT2D eigenvalue weighted by Gasteiger charge is -2.21. The summed E-state index contributed by atoms with van der Waals surface area (Å²) in [5, 5.41) is 4.62. The molecule has 9 heteroatoms. The van der Waals surface area contributed by atoms with Crippen LogP contribution in [0.1, 0.15) is 46.0 Å². The number of halogens is 3. The number of nitrogens with zero attached hydrogens (tertiary/aromatic N) is 1. The Kier molecular flexibility index (Phi) is 6.45. The van der Waals surface area contributed by atoms with Gasteiger partial charge in [-0.15, -0.1) is 0 Å². The lowest BCUT2D eigenvalue weighted by molar-refractivity contribution is -0.133. The van der Waals surface area contributed by atoms with E-state index >= 15 is 0 Å². The number of hydrogen-bond acceptors (Lipinski definition) is 3. The Morgan fingerprint density at radius 3 is 2.52 bits per heavy atom. The van der Waals surface area contributed by atoms with Crippen molar-refractivity contribution in [3.8, 4) is 0 Å². The molecular formula is C18H22F3N3O3. The van der Waals surface area contributed by atoms with E-state index in [0.29, 0.717) is 12.5 Å². The molecule has 1 heterocycles. The summed E-state index contributed by atoms with van der Waals surface area (Å²) in [5.74, 6) is -6.12. The zero-order valence-corrected chi connectivity index (χ0v) is 15.2. The Morgan fingerprint density at radius 2 is 1.85 bits per heavy atom. The smallest absolute Gasteiger partial charge is 0.323 e. The Morgan fingerprint density at radius 1 is 1.15 bits per heavy atom. The monoisotopic (exact) mass is 385 g/mol. The van der Waals surface area contributed by atoms with Crippen LogP contribution >= 0.6 is 0 Å². The first-order chi connectivity index (χ1) is 12.7. The van der Waals surface area contributed by atoms with Gasteiger partial charge in [0.05, 0.1) is 5.69 Å². The molecule has 1 fully saturated rings. The maximum atomic E-state index is 13.6. The number of urea groups is 1. The van der Waals surface area contributed by atoms with E-state index in [0.717, 1.165) is 36.6 Å². The second-order valence-electron chi connectivity index (χ2n) is 6.74. The van der Waals surface area contributed by atoms with Crippen molar-refractivity contribution in [3.05, 3.63) is 29.6 Å². The highest BCUT2D eigenvalue weighted by Gasteiger charge is 2.47. The van der Waals surface area contributed by atoms with Gasteiger partial charge in [-0.2, -0.15) is 0 Å². The molecule has 1 aliphatic rings. The van der Waals surface area contributed by atoms with Crippen molar-refractivity contribution in [2.45, 2.75) is 51.5 Å². The van der Waals surface area contributed by atoms with Crippen LogP contribution in [-0.2, 0) is 9.59 Å². The Hall–Kier alpha value is -2.58. The molecule has 1 aliphatic heterocycles. The van der Waals surface area contributed by atoms with E-state index in [-0.39, 0.29) is 0 Å². The first kappa shape index (κ1) is 20.7. The van der Waals surface area contributed by atoms with E-state index in [4.69, 9.17) is 0 Å². The minimum Gasteiger partial charge on any atom is -0.323 e. The maximum absolute atomic E-state index is 13.6. The summed E-state index contributed by atoms with van der Waals surface area (Å²) < 4.78 is 39.8. The van der Waals surface area contributed by atoms with Crippen LogP contribution in [0.5, 0.6) is 0 Å². The van der Waals surface area contributed by atoms with Crippen LogP contribution in [0.2, 0.25) is 0 Å². The molecule has 0 bridgehead atoms. The molecule has 2 rings (SSSR count). The summed E-state index contributed by atoms with van der Waals surface area (Å²) in [7, 11) is 0. The molecule has 27 heavy (non-hydrogen) atoms. The molecule has 148 valence electrons. The van der Waals surface area contributed by atoms with E-state index < -0.39 is 53.1 Å². The fourth-order valence-corrected chi connectivity index (χ4v) is 2.92. The van der Waals surface area contributed by atoms with Gasteiger partial charge < -0.3 is 10.6 Å². The fourth-order valence-electron chi connectivity index (χ4n) is 2.92. The first-order valence-corrected chi connectivity index (χ1v) is 8.77. The molecule has 4 amide bonds. The van der Waals surface area contributed by atoms with Gasteiger partial charge in [0, 0.05) is 0 Å². The van der Waals surface area contributed by atoms with Crippen LogP contribution in [0.15, 0.2) is 12.1 Å². The van der Waals surface area contributed by atoms with Crippen molar-refractivity contribution in [2.24, 2.45) is 0 Å². The molecule has 1 aromatic carbocycles. The number of nitrogens with one attached hydrogen (secondary N) is 2. The van der Waals surface area contributed by atoms with Gasteiger partial charge in [0.25, 0.3) is 5.91 Å². The third-order valence-electron chi connectivity index (χ3n) is 4.49. The summed E-state index contributed by atoms with van der Waals surface area (Å²) >= 11 is 0. The van der Waals surface area contributed by atoms with Crippen LogP contribution in [0, 0.1) is 17.5 Å². The van der Waals surface area contributed by atoms with Gasteiger partial charge in [-0.05, 0) is 25.5 Å². The van der Waals surface area contributed by atoms with Gasteiger partial charge in [0.15, 0.2) is 17.5 Å². The quantitative estimate of drug-likeness (QED) is 0.409. The van der Waals surface area contributed by atoms with E-state index in [1.807, 2.05) is 5.32 Å². The molecule has 1 unspecified atom stereocenters. The predicted octanol–water partition coefficient (Wildman–Crippen LogP) is 3.32. The number of carbonyl (C=O) groups is 3. The van der Waals surface area contributed by atoms with Crippen LogP contribution in [0.4, 0.5) is 23.7 Å². The molecule has 1 saturated heterocycles. The summed E-state index contributed by atoms with van der Waals surface area (Å²) in [4.78, 5) is 37.4. The van der Waals surface area contributed by atoms with Crippen LogP contribution in [0.25, 0.3) is 0 Å². The van der Waals surface area contributed by atoms with Crippen molar-refractivity contribution in [1.29, 1.82) is 0 Å². The van der Waals surface area contributed by atoms with E-state index in [1.165, 1.54) is 0 Å². The molecule has 0 aromatic heterocycles. The van der Waals surface area contributed by atoms with Gasteiger partial charge in [0.1, 0.15) is 12.1 Å². The molecule has 0 saturated carbocycles. The summed E-state index contributed by atoms with van der Waals surface area (Å²) in [6.07, 6.45) is 4.16. The number of anilines is 1. The number of amides is 4. The third kappa shape index (κ3) is 4.58. The number of unbranched alkanes of at least 4 members (excludes halogenated alkanes) is 3. The number of rotatable bonds is 8. The minimum absolute atomic E-state index is 0.438. The lowest BCUT2D eigenvalue weighted by atomic mass is 9.94. The highest BCUT2D eigenvalue weighted by molar-refractivity contribution is 6.09. The van der Waals surface area contributed by atoms with Gasteiger partial charge in [-0.1, -0.05) is 32.6 Å². The van der Waals surface area contributed by atoms with Gasteiger partial charge in [0.2, 0.25) is 5.91 Å². The standard InChI is InChI=1S/C18H22F3N3O3/c1-3-4-5-6-9-18(2)16(26)24(17(27)23-18)10-13(25)22-12-8-7-11(19)14(20)15(12)21/h7-8H,3-6,9-10H2,1-2H3,(H,22,25)(H,23,27). The van der Waals surface area contributed by atoms with Crippen molar-refractivity contribution >= 4 is 23.5 Å². The highest BCUT2D eigenvalue weighted by Crippen LogP contribution is 2.24. The molecule has 1 aromatic rings. The van der Waals surface area contributed by atoms with Crippen LogP contribution in [-0.4, -0.2) is 34.8 Å². The van der Waals surface area contributed by atoms with E-state index in [9.17, 15) is 27.6 Å². The zero-order valence-electron chi connectivity index (χ0n) is 15.2. The lowest BCUT2D eigenvalue weighted by Crippen LogP contribution is -2.44. The molecule has 0 radical (unpaired) electrons. The van der Waals surface area contributed by atoms with Crippen LogP contribution in [0.3, 0.4) is 0 Å². The Labute approximate surface area is 155 Å². The maximum Gasteiger partial charge on any atom is 0.325 e. The predicted molar refractivity (Wildman–Crippen MR) is 92.4 cm³/mol. The topological polar surface area (TPSA) is 78.5 Å². The number of benzene rings is 1. The number of imide groups is 1. The molecule has 1 atom stereocenters. The normalized spacial score (nSPS) is 19.4.